The number of rotatable bonds is 7. The van der Waals surface area contributed by atoms with Gasteiger partial charge in [0.05, 0.1) is 11.0 Å². The van der Waals surface area contributed by atoms with Crippen molar-refractivity contribution in [2.45, 2.75) is 12.5 Å². The lowest BCUT2D eigenvalue weighted by atomic mass is 10.2. The van der Waals surface area contributed by atoms with E-state index in [0.29, 0.717) is 28.3 Å². The van der Waals surface area contributed by atoms with Crippen LogP contribution < -0.4 is 19.5 Å². The Balaban J connectivity index is 1.30. The number of H-pyrrole nitrogens is 1. The average Bonchev–Trinajstić information content (AvgIpc) is 3.36. The quantitative estimate of drug-likeness (QED) is 0.558. The molecule has 29 heavy (non-hydrogen) atoms. The SMILES string of the molecule is O=C(NCC(O)COc1ccc2c(c1)OCO2)c1ccc2nc(C(F)F)[nH]c2c1. The highest BCUT2D eigenvalue weighted by atomic mass is 19.3. The van der Waals surface area contributed by atoms with Crippen LogP contribution in [-0.2, 0) is 0 Å². The van der Waals surface area contributed by atoms with Gasteiger partial charge in [0, 0.05) is 18.2 Å². The Kier molecular flexibility index (Phi) is 5.17. The molecule has 3 aromatic rings. The van der Waals surface area contributed by atoms with E-state index in [1.807, 2.05) is 0 Å². The molecular weight excluding hydrogens is 388 g/mol. The second-order valence-corrected chi connectivity index (χ2v) is 6.34. The summed E-state index contributed by atoms with van der Waals surface area (Å²) in [5.74, 6) is 0.782. The summed E-state index contributed by atoms with van der Waals surface area (Å²) in [4.78, 5) is 18.5. The Bertz CT molecular complexity index is 1040. The van der Waals surface area contributed by atoms with Gasteiger partial charge in [-0.3, -0.25) is 4.79 Å². The predicted molar refractivity (Wildman–Crippen MR) is 97.5 cm³/mol. The fourth-order valence-electron chi connectivity index (χ4n) is 2.80. The van der Waals surface area contributed by atoms with E-state index in [-0.39, 0.29) is 25.5 Å². The van der Waals surface area contributed by atoms with Crippen LogP contribution in [0.5, 0.6) is 17.2 Å². The number of hydrogen-bond acceptors (Lipinski definition) is 6. The summed E-state index contributed by atoms with van der Waals surface area (Å²) in [6.07, 6.45) is -3.68. The van der Waals surface area contributed by atoms with Crippen LogP contribution in [0.2, 0.25) is 0 Å². The Hall–Kier alpha value is -3.40. The molecule has 0 aliphatic carbocycles. The summed E-state index contributed by atoms with van der Waals surface area (Å²) in [5, 5.41) is 12.6. The second-order valence-electron chi connectivity index (χ2n) is 6.34. The van der Waals surface area contributed by atoms with Gasteiger partial charge >= 0.3 is 0 Å². The molecular formula is C19H17F2N3O5. The van der Waals surface area contributed by atoms with Crippen molar-refractivity contribution in [1.29, 1.82) is 0 Å². The number of alkyl halides is 2. The van der Waals surface area contributed by atoms with Gasteiger partial charge in [-0.15, -0.1) is 0 Å². The van der Waals surface area contributed by atoms with Gasteiger partial charge in [-0.2, -0.15) is 0 Å². The number of fused-ring (bicyclic) bond motifs is 2. The standard InChI is InChI=1S/C19H17F2N3O5/c20-17(21)18-23-13-3-1-10(5-14(13)24-18)19(26)22-7-11(25)8-27-12-2-4-15-16(6-12)29-9-28-15/h1-6,11,17,25H,7-9H2,(H,22,26)(H,23,24). The van der Waals surface area contributed by atoms with Crippen LogP contribution in [0, 0.1) is 0 Å². The maximum atomic E-state index is 12.7. The first kappa shape index (κ1) is 18.9. The number of benzene rings is 2. The Morgan fingerprint density at radius 2 is 2.07 bits per heavy atom. The van der Waals surface area contributed by atoms with E-state index in [1.165, 1.54) is 18.2 Å². The molecule has 8 nitrogen and oxygen atoms in total. The van der Waals surface area contributed by atoms with Crippen LogP contribution in [0.4, 0.5) is 8.78 Å². The van der Waals surface area contributed by atoms with Crippen molar-refractivity contribution in [3.63, 3.8) is 0 Å². The van der Waals surface area contributed by atoms with Crippen molar-refractivity contribution in [2.75, 3.05) is 19.9 Å². The highest BCUT2D eigenvalue weighted by Crippen LogP contribution is 2.35. The molecule has 1 atom stereocenters. The van der Waals surface area contributed by atoms with Crippen LogP contribution in [0.3, 0.4) is 0 Å². The normalized spacial score (nSPS) is 13.7. The molecule has 0 spiro atoms. The number of aromatic amines is 1. The lowest BCUT2D eigenvalue weighted by Crippen LogP contribution is -2.35. The molecule has 10 heteroatoms. The lowest BCUT2D eigenvalue weighted by molar-refractivity contribution is 0.0843. The zero-order valence-corrected chi connectivity index (χ0v) is 15.0. The molecule has 2 heterocycles. The molecule has 1 aliphatic heterocycles. The van der Waals surface area contributed by atoms with E-state index in [2.05, 4.69) is 15.3 Å². The van der Waals surface area contributed by atoms with Crippen LogP contribution in [0.25, 0.3) is 11.0 Å². The molecule has 0 bridgehead atoms. The number of nitrogens with zero attached hydrogens (tertiary/aromatic N) is 1. The van der Waals surface area contributed by atoms with Crippen molar-refractivity contribution < 1.29 is 32.9 Å². The number of carbonyl (C=O) groups excluding carboxylic acids is 1. The van der Waals surface area contributed by atoms with Crippen molar-refractivity contribution in [2.24, 2.45) is 0 Å². The molecule has 2 aromatic carbocycles. The zero-order chi connectivity index (χ0) is 20.4. The van der Waals surface area contributed by atoms with Gasteiger partial charge in [-0.05, 0) is 30.3 Å². The first-order valence-electron chi connectivity index (χ1n) is 8.76. The second kappa shape index (κ2) is 7.92. The van der Waals surface area contributed by atoms with E-state index < -0.39 is 24.3 Å². The first-order valence-corrected chi connectivity index (χ1v) is 8.76. The minimum atomic E-state index is -2.72. The van der Waals surface area contributed by atoms with Gasteiger partial charge < -0.3 is 29.6 Å². The number of imidazole rings is 1. The average molecular weight is 405 g/mol. The van der Waals surface area contributed by atoms with Gasteiger partial charge in [0.2, 0.25) is 6.79 Å². The summed E-state index contributed by atoms with van der Waals surface area (Å²) >= 11 is 0. The molecule has 0 saturated carbocycles. The van der Waals surface area contributed by atoms with Gasteiger partial charge in [-0.25, -0.2) is 13.8 Å². The number of hydrogen-bond donors (Lipinski definition) is 3. The van der Waals surface area contributed by atoms with E-state index in [4.69, 9.17) is 14.2 Å². The Morgan fingerprint density at radius 1 is 1.24 bits per heavy atom. The number of aliphatic hydroxyl groups excluding tert-OH is 1. The molecule has 1 amide bonds. The number of amides is 1. The van der Waals surface area contributed by atoms with Crippen molar-refractivity contribution >= 4 is 16.9 Å². The van der Waals surface area contributed by atoms with Crippen molar-refractivity contribution in [3.05, 3.63) is 47.8 Å². The maximum Gasteiger partial charge on any atom is 0.295 e. The number of aliphatic hydroxyl groups is 1. The van der Waals surface area contributed by atoms with Crippen molar-refractivity contribution in [1.82, 2.24) is 15.3 Å². The third-order valence-electron chi connectivity index (χ3n) is 4.25. The third kappa shape index (κ3) is 4.21. The number of aromatic nitrogens is 2. The highest BCUT2D eigenvalue weighted by Gasteiger charge is 2.16. The monoisotopic (exact) mass is 405 g/mol. The summed E-state index contributed by atoms with van der Waals surface area (Å²) < 4.78 is 41.4. The molecule has 0 saturated heterocycles. The zero-order valence-electron chi connectivity index (χ0n) is 15.0. The van der Waals surface area contributed by atoms with Gasteiger partial charge in [-0.1, -0.05) is 0 Å². The molecule has 0 radical (unpaired) electrons. The summed E-state index contributed by atoms with van der Waals surface area (Å²) in [6.45, 7) is 0.0607. The van der Waals surface area contributed by atoms with Gasteiger partial charge in [0.1, 0.15) is 18.5 Å². The topological polar surface area (TPSA) is 106 Å². The smallest absolute Gasteiger partial charge is 0.295 e. The van der Waals surface area contributed by atoms with Crippen LogP contribution in [0.15, 0.2) is 36.4 Å². The van der Waals surface area contributed by atoms with E-state index in [9.17, 15) is 18.7 Å². The first-order chi connectivity index (χ1) is 14.0. The van der Waals surface area contributed by atoms with Gasteiger partial charge in [0.15, 0.2) is 17.3 Å². The minimum absolute atomic E-state index is 0.0444. The van der Waals surface area contributed by atoms with E-state index in [1.54, 1.807) is 18.2 Å². The molecule has 4 rings (SSSR count). The Morgan fingerprint density at radius 3 is 2.90 bits per heavy atom. The van der Waals surface area contributed by atoms with Crippen LogP contribution >= 0.6 is 0 Å². The molecule has 1 unspecified atom stereocenters. The molecule has 0 fully saturated rings. The fourth-order valence-corrected chi connectivity index (χ4v) is 2.80. The van der Waals surface area contributed by atoms with Crippen LogP contribution in [0.1, 0.15) is 22.6 Å². The number of carbonyl (C=O) groups is 1. The van der Waals surface area contributed by atoms with Crippen LogP contribution in [-0.4, -0.2) is 47.0 Å². The summed E-state index contributed by atoms with van der Waals surface area (Å²) in [6, 6.07) is 9.43. The summed E-state index contributed by atoms with van der Waals surface area (Å²) in [7, 11) is 0. The van der Waals surface area contributed by atoms with E-state index in [0.717, 1.165) is 0 Å². The number of halogens is 2. The third-order valence-corrected chi connectivity index (χ3v) is 4.25. The molecule has 1 aromatic heterocycles. The minimum Gasteiger partial charge on any atom is -0.491 e. The van der Waals surface area contributed by atoms with Crippen molar-refractivity contribution in [3.8, 4) is 17.2 Å². The fraction of sp³-hybridized carbons (Fsp3) is 0.263. The lowest BCUT2D eigenvalue weighted by Gasteiger charge is -2.13. The van der Waals surface area contributed by atoms with Gasteiger partial charge in [0.25, 0.3) is 12.3 Å². The predicted octanol–water partition coefficient (Wildman–Crippen LogP) is 2.40. The summed E-state index contributed by atoms with van der Waals surface area (Å²) in [5.41, 5.74) is 0.930. The number of ether oxygens (including phenoxy) is 3. The highest BCUT2D eigenvalue weighted by molar-refractivity contribution is 5.97. The molecule has 1 aliphatic rings. The largest absolute Gasteiger partial charge is 0.491 e. The molecule has 3 N–H and O–H groups in total. The van der Waals surface area contributed by atoms with E-state index >= 15 is 0 Å². The Labute approximate surface area is 163 Å². The number of nitrogens with one attached hydrogen (secondary N) is 2. The molecule has 152 valence electrons. The maximum absolute atomic E-state index is 12.7.